The molecule has 2 amide bonds. The molecule has 0 spiro atoms. The van der Waals surface area contributed by atoms with Gasteiger partial charge in [0, 0.05) is 12.1 Å². The molecule has 0 aromatic heterocycles. The molecule has 0 saturated heterocycles. The van der Waals surface area contributed by atoms with Gasteiger partial charge in [0.1, 0.15) is 0 Å². The van der Waals surface area contributed by atoms with Crippen molar-refractivity contribution in [1.82, 2.24) is 5.32 Å². The van der Waals surface area contributed by atoms with Crippen molar-refractivity contribution in [3.63, 3.8) is 0 Å². The van der Waals surface area contributed by atoms with E-state index in [4.69, 9.17) is 5.73 Å². The van der Waals surface area contributed by atoms with Crippen molar-refractivity contribution in [1.29, 1.82) is 0 Å². The van der Waals surface area contributed by atoms with Crippen LogP contribution in [0.2, 0.25) is 0 Å². The first-order valence-electron chi connectivity index (χ1n) is 3.73. The number of benzene rings is 1. The number of hydrogen-bond donors (Lipinski definition) is 2. The number of amides is 2. The zero-order chi connectivity index (χ0) is 9.68. The lowest BCUT2D eigenvalue weighted by Gasteiger charge is -1.99. The zero-order valence-corrected chi connectivity index (χ0v) is 6.91. The Morgan fingerprint density at radius 2 is 2.00 bits per heavy atom. The molecule has 0 saturated carbocycles. The summed E-state index contributed by atoms with van der Waals surface area (Å²) in [6, 6.07) is 6.68. The van der Waals surface area contributed by atoms with E-state index in [2.05, 4.69) is 5.32 Å². The average molecular weight is 177 g/mol. The van der Waals surface area contributed by atoms with Gasteiger partial charge in [-0.2, -0.15) is 0 Å². The predicted octanol–water partition coefficient (Wildman–Crippen LogP) is -0.0577. The molecule has 1 aromatic carbocycles. The minimum atomic E-state index is -0.457. The van der Waals surface area contributed by atoms with E-state index in [9.17, 15) is 9.59 Å². The number of carbonyl (C=O) groups excluding carboxylic acids is 2. The Kier molecular flexibility index (Phi) is 3.03. The number of primary amides is 1. The molecule has 4 nitrogen and oxygen atoms in total. The number of rotatable bonds is 4. The van der Waals surface area contributed by atoms with Crippen LogP contribution in [0.3, 0.4) is 0 Å². The van der Waals surface area contributed by atoms with Crippen molar-refractivity contribution in [2.24, 2.45) is 5.73 Å². The first kappa shape index (κ1) is 9.25. The maximum absolute atomic E-state index is 10.7. The van der Waals surface area contributed by atoms with Crippen LogP contribution in [0.25, 0.3) is 0 Å². The number of nitrogens with two attached hydrogens (primary N) is 1. The lowest BCUT2D eigenvalue weighted by molar-refractivity contribution is 0.100. The quantitative estimate of drug-likeness (QED) is 0.632. The van der Waals surface area contributed by atoms with Crippen molar-refractivity contribution in [3.8, 4) is 0 Å². The minimum Gasteiger partial charge on any atom is -0.366 e. The minimum absolute atomic E-state index is 0.405. The van der Waals surface area contributed by atoms with Crippen LogP contribution >= 0.6 is 0 Å². The van der Waals surface area contributed by atoms with E-state index >= 15 is 0 Å². The second-order valence-electron chi connectivity index (χ2n) is 2.52. The molecule has 13 heavy (non-hydrogen) atoms. The Hall–Kier alpha value is -1.84. The fourth-order valence-electron chi connectivity index (χ4n) is 0.925. The highest BCUT2D eigenvalue weighted by atomic mass is 16.1. The van der Waals surface area contributed by atoms with Crippen molar-refractivity contribution >= 4 is 12.3 Å². The normalized spacial score (nSPS) is 9.23. The van der Waals surface area contributed by atoms with Crippen molar-refractivity contribution in [2.75, 3.05) is 0 Å². The predicted molar refractivity (Wildman–Crippen MR) is 47.5 cm³/mol. The summed E-state index contributed by atoms with van der Waals surface area (Å²) >= 11 is 0. The second-order valence-corrected chi connectivity index (χ2v) is 2.52. The maximum Gasteiger partial charge on any atom is 0.309 e. The number of nitrogens with one attached hydrogen (secondary N) is 1. The van der Waals surface area contributed by atoms with Gasteiger partial charge < -0.3 is 11.1 Å². The van der Waals surface area contributed by atoms with Gasteiger partial charge in [-0.15, -0.1) is 0 Å². The molecule has 0 aliphatic rings. The molecule has 1 aromatic rings. The topological polar surface area (TPSA) is 72.2 Å². The van der Waals surface area contributed by atoms with Crippen LogP contribution < -0.4 is 11.1 Å². The molecule has 67 valence electrons. The van der Waals surface area contributed by atoms with E-state index in [-0.39, 0.29) is 0 Å². The molecular formula is C9H9N2O2. The van der Waals surface area contributed by atoms with Crippen LogP contribution in [-0.4, -0.2) is 12.3 Å². The summed E-state index contributed by atoms with van der Waals surface area (Å²) in [5, 5.41) is 2.39. The first-order chi connectivity index (χ1) is 6.24. The summed E-state index contributed by atoms with van der Waals surface area (Å²) in [5.74, 6) is -0.457. The van der Waals surface area contributed by atoms with Crippen LogP contribution in [0.15, 0.2) is 24.3 Å². The molecule has 0 aliphatic heterocycles. The molecule has 0 fully saturated rings. The standard InChI is InChI=1S/C9H9N2O2/c10-9(13)8-3-1-7(2-4-8)5-11-6-12/h1-4H,5H2,(H2,10,13)(H,11,12). The van der Waals surface area contributed by atoms with Gasteiger partial charge in [-0.25, -0.2) is 0 Å². The molecule has 4 heteroatoms. The molecule has 0 aliphatic carbocycles. The van der Waals surface area contributed by atoms with Crippen LogP contribution in [0.5, 0.6) is 0 Å². The van der Waals surface area contributed by atoms with Crippen molar-refractivity contribution < 1.29 is 9.59 Å². The Balaban J connectivity index is 2.69. The summed E-state index contributed by atoms with van der Waals surface area (Å²) in [6.07, 6.45) is 1.56. The molecule has 0 bridgehead atoms. The Labute approximate surface area is 75.7 Å². The second kappa shape index (κ2) is 4.25. The van der Waals surface area contributed by atoms with Crippen LogP contribution in [0.1, 0.15) is 15.9 Å². The highest BCUT2D eigenvalue weighted by Crippen LogP contribution is 2.02. The molecule has 1 radical (unpaired) electrons. The van der Waals surface area contributed by atoms with E-state index < -0.39 is 5.91 Å². The van der Waals surface area contributed by atoms with E-state index in [0.29, 0.717) is 12.1 Å². The van der Waals surface area contributed by atoms with Gasteiger partial charge in [-0.1, -0.05) is 12.1 Å². The van der Waals surface area contributed by atoms with Gasteiger partial charge in [0.15, 0.2) is 0 Å². The van der Waals surface area contributed by atoms with Crippen LogP contribution in [0.4, 0.5) is 0 Å². The first-order valence-corrected chi connectivity index (χ1v) is 3.73. The summed E-state index contributed by atoms with van der Waals surface area (Å²) in [5.41, 5.74) is 6.40. The average Bonchev–Trinajstić information content (AvgIpc) is 2.15. The van der Waals surface area contributed by atoms with Gasteiger partial charge in [-0.3, -0.25) is 9.59 Å². The third kappa shape index (κ3) is 2.59. The molecule has 0 unspecified atom stereocenters. The Bertz CT molecular complexity index is 306. The molecule has 3 N–H and O–H groups in total. The summed E-state index contributed by atoms with van der Waals surface area (Å²) in [7, 11) is 0. The van der Waals surface area contributed by atoms with Gasteiger partial charge in [0.05, 0.1) is 0 Å². The molecule has 0 heterocycles. The van der Waals surface area contributed by atoms with Crippen molar-refractivity contribution in [3.05, 3.63) is 35.4 Å². The van der Waals surface area contributed by atoms with Gasteiger partial charge in [0.25, 0.3) is 0 Å². The fourth-order valence-corrected chi connectivity index (χ4v) is 0.925. The highest BCUT2D eigenvalue weighted by molar-refractivity contribution is 5.92. The Morgan fingerprint density at radius 3 is 2.46 bits per heavy atom. The van der Waals surface area contributed by atoms with E-state index in [1.165, 1.54) is 0 Å². The lowest BCUT2D eigenvalue weighted by Crippen LogP contribution is -2.12. The number of carbonyl (C=O) groups is 1. The van der Waals surface area contributed by atoms with Crippen LogP contribution in [-0.2, 0) is 11.3 Å². The van der Waals surface area contributed by atoms with E-state index in [1.807, 2.05) is 0 Å². The third-order valence-electron chi connectivity index (χ3n) is 1.60. The summed E-state index contributed by atoms with van der Waals surface area (Å²) in [4.78, 5) is 20.5. The van der Waals surface area contributed by atoms with Crippen LogP contribution in [0, 0.1) is 0 Å². The monoisotopic (exact) mass is 177 g/mol. The van der Waals surface area contributed by atoms with E-state index in [0.717, 1.165) is 5.56 Å². The smallest absolute Gasteiger partial charge is 0.309 e. The largest absolute Gasteiger partial charge is 0.366 e. The highest BCUT2D eigenvalue weighted by Gasteiger charge is 1.98. The fraction of sp³-hybridized carbons (Fsp3) is 0.111. The van der Waals surface area contributed by atoms with Crippen molar-refractivity contribution in [2.45, 2.75) is 6.54 Å². The third-order valence-corrected chi connectivity index (χ3v) is 1.60. The summed E-state index contributed by atoms with van der Waals surface area (Å²) in [6.45, 7) is 0.405. The molecule has 0 atom stereocenters. The number of hydrogen-bond acceptors (Lipinski definition) is 2. The molecular weight excluding hydrogens is 168 g/mol. The van der Waals surface area contributed by atoms with E-state index in [1.54, 1.807) is 30.7 Å². The lowest BCUT2D eigenvalue weighted by atomic mass is 10.1. The van der Waals surface area contributed by atoms with Gasteiger partial charge in [-0.05, 0) is 17.7 Å². The maximum atomic E-state index is 10.7. The van der Waals surface area contributed by atoms with Gasteiger partial charge >= 0.3 is 6.41 Å². The SMILES string of the molecule is NC(=O)c1ccc(CN[C]=O)cc1. The Morgan fingerprint density at radius 1 is 1.38 bits per heavy atom. The zero-order valence-electron chi connectivity index (χ0n) is 6.91. The van der Waals surface area contributed by atoms with Gasteiger partial charge in [0.2, 0.25) is 5.91 Å². The molecule has 1 rings (SSSR count). The summed E-state index contributed by atoms with van der Waals surface area (Å²) < 4.78 is 0.